The molecule has 2 heterocycles. The summed E-state index contributed by atoms with van der Waals surface area (Å²) in [6.45, 7) is 2.60. The van der Waals surface area contributed by atoms with Crippen LogP contribution in [-0.4, -0.2) is 16.3 Å². The molecule has 0 saturated heterocycles. The van der Waals surface area contributed by atoms with Gasteiger partial charge in [0.15, 0.2) is 5.78 Å². The van der Waals surface area contributed by atoms with E-state index in [4.69, 9.17) is 0 Å². The van der Waals surface area contributed by atoms with Crippen molar-refractivity contribution in [3.05, 3.63) is 53.9 Å². The van der Waals surface area contributed by atoms with Gasteiger partial charge in [0.1, 0.15) is 0 Å². The molecule has 0 saturated carbocycles. The van der Waals surface area contributed by atoms with E-state index in [1.165, 1.54) is 0 Å². The third-order valence-electron chi connectivity index (χ3n) is 3.64. The van der Waals surface area contributed by atoms with Crippen LogP contribution in [0.25, 0.3) is 0 Å². The number of anilines is 1. The zero-order chi connectivity index (χ0) is 14.1. The second kappa shape index (κ2) is 4.96. The predicted molar refractivity (Wildman–Crippen MR) is 76.7 cm³/mol. The normalized spacial score (nSPS) is 17.1. The maximum atomic E-state index is 12.1. The fourth-order valence-electron chi connectivity index (χ4n) is 2.56. The topological polar surface area (TPSA) is 51.1 Å². The van der Waals surface area contributed by atoms with Crippen molar-refractivity contribution in [2.45, 2.75) is 19.9 Å². The van der Waals surface area contributed by atoms with E-state index in [1.54, 1.807) is 6.07 Å². The molecular weight excluding hydrogens is 252 g/mol. The highest BCUT2D eigenvalue weighted by molar-refractivity contribution is 6.02. The summed E-state index contributed by atoms with van der Waals surface area (Å²) >= 11 is 0. The standard InChI is InChI=1S/C16H16N2O2/c1-11-4-6-13(7-5-11)17-15(19)9-12-10-18-8-2-3-14(18)16(12)20/h2-8,12H,9-10H2,1H3,(H,17,19)/t12-/m1/s1. The summed E-state index contributed by atoms with van der Waals surface area (Å²) < 4.78 is 1.91. The molecule has 1 atom stereocenters. The van der Waals surface area contributed by atoms with Crippen molar-refractivity contribution in [1.82, 2.24) is 4.57 Å². The molecule has 0 aliphatic carbocycles. The third-order valence-corrected chi connectivity index (χ3v) is 3.64. The van der Waals surface area contributed by atoms with Gasteiger partial charge in [0.25, 0.3) is 0 Å². The first-order chi connectivity index (χ1) is 9.63. The zero-order valence-electron chi connectivity index (χ0n) is 11.3. The Labute approximate surface area is 117 Å². The minimum Gasteiger partial charge on any atom is -0.344 e. The van der Waals surface area contributed by atoms with Crippen LogP contribution in [0.4, 0.5) is 5.69 Å². The lowest BCUT2D eigenvalue weighted by Crippen LogP contribution is -2.20. The lowest BCUT2D eigenvalue weighted by molar-refractivity contribution is -0.116. The number of fused-ring (bicyclic) bond motifs is 1. The summed E-state index contributed by atoms with van der Waals surface area (Å²) in [5.74, 6) is -0.288. The number of aromatic nitrogens is 1. The molecular formula is C16H16N2O2. The van der Waals surface area contributed by atoms with E-state index in [2.05, 4.69) is 5.32 Å². The number of carbonyl (C=O) groups is 2. The van der Waals surface area contributed by atoms with Crippen molar-refractivity contribution in [3.8, 4) is 0 Å². The monoisotopic (exact) mass is 268 g/mol. The number of Topliss-reactive ketones (excluding diaryl/α,β-unsaturated/α-hetero) is 1. The minimum absolute atomic E-state index is 0.0639. The van der Waals surface area contributed by atoms with Crippen LogP contribution in [0.5, 0.6) is 0 Å². The Balaban J connectivity index is 1.62. The van der Waals surface area contributed by atoms with Gasteiger partial charge in [-0.15, -0.1) is 0 Å². The van der Waals surface area contributed by atoms with E-state index in [0.717, 1.165) is 11.3 Å². The van der Waals surface area contributed by atoms with Crippen LogP contribution in [0, 0.1) is 12.8 Å². The van der Waals surface area contributed by atoms with Gasteiger partial charge in [-0.2, -0.15) is 0 Å². The van der Waals surface area contributed by atoms with E-state index < -0.39 is 0 Å². The molecule has 1 aromatic carbocycles. The molecule has 0 fully saturated rings. The Bertz CT molecular complexity index is 655. The Morgan fingerprint density at radius 2 is 2.05 bits per heavy atom. The maximum Gasteiger partial charge on any atom is 0.225 e. The highest BCUT2D eigenvalue weighted by Gasteiger charge is 2.31. The summed E-state index contributed by atoms with van der Waals surface area (Å²) in [5, 5.41) is 2.84. The van der Waals surface area contributed by atoms with E-state index in [0.29, 0.717) is 12.2 Å². The summed E-state index contributed by atoms with van der Waals surface area (Å²) in [4.78, 5) is 24.1. The quantitative estimate of drug-likeness (QED) is 0.930. The number of carbonyl (C=O) groups excluding carboxylic acids is 2. The summed E-state index contributed by atoms with van der Waals surface area (Å²) in [6.07, 6.45) is 2.11. The molecule has 0 spiro atoms. The van der Waals surface area contributed by atoms with Gasteiger partial charge in [0.05, 0.1) is 11.6 Å². The van der Waals surface area contributed by atoms with Crippen molar-refractivity contribution in [3.63, 3.8) is 0 Å². The third kappa shape index (κ3) is 2.37. The summed E-state index contributed by atoms with van der Waals surface area (Å²) in [7, 11) is 0. The predicted octanol–water partition coefficient (Wildman–Crippen LogP) is 2.64. The molecule has 4 heteroatoms. The average Bonchev–Trinajstić information content (AvgIpc) is 2.97. The van der Waals surface area contributed by atoms with Crippen molar-refractivity contribution in [2.75, 3.05) is 5.32 Å². The van der Waals surface area contributed by atoms with Gasteiger partial charge < -0.3 is 9.88 Å². The van der Waals surface area contributed by atoms with Crippen LogP contribution in [0.1, 0.15) is 22.5 Å². The van der Waals surface area contributed by atoms with Crippen molar-refractivity contribution >= 4 is 17.4 Å². The number of rotatable bonds is 3. The van der Waals surface area contributed by atoms with E-state index in [9.17, 15) is 9.59 Å². The second-order valence-electron chi connectivity index (χ2n) is 5.23. The van der Waals surface area contributed by atoms with Crippen LogP contribution in [0.15, 0.2) is 42.6 Å². The number of nitrogens with zero attached hydrogens (tertiary/aromatic N) is 1. The number of ketones is 1. The number of aryl methyl sites for hydroxylation is 1. The molecule has 0 radical (unpaired) electrons. The van der Waals surface area contributed by atoms with Crippen LogP contribution in [0.3, 0.4) is 0 Å². The van der Waals surface area contributed by atoms with Gasteiger partial charge in [0, 0.05) is 24.8 Å². The molecule has 2 aromatic rings. The van der Waals surface area contributed by atoms with Gasteiger partial charge in [0.2, 0.25) is 5.91 Å². The molecule has 20 heavy (non-hydrogen) atoms. The van der Waals surface area contributed by atoms with Gasteiger partial charge >= 0.3 is 0 Å². The number of benzene rings is 1. The van der Waals surface area contributed by atoms with Crippen LogP contribution < -0.4 is 5.32 Å². The Hall–Kier alpha value is -2.36. The van der Waals surface area contributed by atoms with Gasteiger partial charge in [-0.1, -0.05) is 17.7 Å². The van der Waals surface area contributed by atoms with Crippen LogP contribution in [0.2, 0.25) is 0 Å². The number of hydrogen-bond acceptors (Lipinski definition) is 2. The van der Waals surface area contributed by atoms with Crippen LogP contribution >= 0.6 is 0 Å². The number of nitrogens with one attached hydrogen (secondary N) is 1. The van der Waals surface area contributed by atoms with E-state index in [1.807, 2.05) is 48.0 Å². The average molecular weight is 268 g/mol. The molecule has 102 valence electrons. The zero-order valence-corrected chi connectivity index (χ0v) is 11.3. The van der Waals surface area contributed by atoms with Crippen molar-refractivity contribution < 1.29 is 9.59 Å². The fourth-order valence-corrected chi connectivity index (χ4v) is 2.56. The highest BCUT2D eigenvalue weighted by atomic mass is 16.2. The molecule has 0 unspecified atom stereocenters. The van der Waals surface area contributed by atoms with Gasteiger partial charge in [-0.3, -0.25) is 9.59 Å². The first-order valence-electron chi connectivity index (χ1n) is 6.69. The molecule has 3 rings (SSSR count). The molecule has 4 nitrogen and oxygen atoms in total. The van der Waals surface area contributed by atoms with E-state index in [-0.39, 0.29) is 24.0 Å². The highest BCUT2D eigenvalue weighted by Crippen LogP contribution is 2.24. The lowest BCUT2D eigenvalue weighted by atomic mass is 10.0. The number of amides is 1. The SMILES string of the molecule is Cc1ccc(NC(=O)C[C@@H]2Cn3cccc3C2=O)cc1. The number of hydrogen-bond donors (Lipinski definition) is 1. The first kappa shape index (κ1) is 12.7. The lowest BCUT2D eigenvalue weighted by Gasteiger charge is -2.09. The van der Waals surface area contributed by atoms with Crippen molar-refractivity contribution in [2.24, 2.45) is 5.92 Å². The molecule has 1 aliphatic rings. The minimum atomic E-state index is -0.239. The van der Waals surface area contributed by atoms with Crippen LogP contribution in [-0.2, 0) is 11.3 Å². The van der Waals surface area contributed by atoms with Gasteiger partial charge in [-0.05, 0) is 31.2 Å². The smallest absolute Gasteiger partial charge is 0.225 e. The van der Waals surface area contributed by atoms with Crippen molar-refractivity contribution in [1.29, 1.82) is 0 Å². The second-order valence-corrected chi connectivity index (χ2v) is 5.23. The first-order valence-corrected chi connectivity index (χ1v) is 6.69. The Morgan fingerprint density at radius 1 is 1.30 bits per heavy atom. The maximum absolute atomic E-state index is 12.1. The summed E-state index contributed by atoms with van der Waals surface area (Å²) in [6, 6.07) is 11.3. The molecule has 0 bridgehead atoms. The van der Waals surface area contributed by atoms with Gasteiger partial charge in [-0.25, -0.2) is 0 Å². The molecule has 1 N–H and O–H groups in total. The fraction of sp³-hybridized carbons (Fsp3) is 0.250. The Kier molecular flexibility index (Phi) is 3.14. The van der Waals surface area contributed by atoms with E-state index >= 15 is 0 Å². The molecule has 1 aromatic heterocycles. The largest absolute Gasteiger partial charge is 0.344 e. The Morgan fingerprint density at radius 3 is 2.75 bits per heavy atom. The molecule has 1 aliphatic heterocycles. The molecule has 1 amide bonds. The summed E-state index contributed by atoms with van der Waals surface area (Å²) in [5.41, 5.74) is 2.62.